The Bertz CT molecular complexity index is 1060. The molecule has 136 valence electrons. The molecule has 3 rings (SSSR count). The van der Waals surface area contributed by atoms with Crippen molar-refractivity contribution in [1.29, 1.82) is 5.26 Å². The minimum Gasteiger partial charge on any atom is -0.489 e. The fourth-order valence-corrected chi connectivity index (χ4v) is 2.54. The first-order chi connectivity index (χ1) is 13.8. The van der Waals surface area contributed by atoms with Crippen molar-refractivity contribution < 1.29 is 9.53 Å². The summed E-state index contributed by atoms with van der Waals surface area (Å²) in [6, 6.07) is 26.0. The Labute approximate surface area is 164 Å². The van der Waals surface area contributed by atoms with Crippen LogP contribution in [0, 0.1) is 23.2 Å². The molecule has 0 atom stereocenters. The van der Waals surface area contributed by atoms with Gasteiger partial charge < -0.3 is 10.1 Å². The van der Waals surface area contributed by atoms with Gasteiger partial charge in [0, 0.05) is 16.7 Å². The lowest BCUT2D eigenvalue weighted by Gasteiger charge is -2.09. The van der Waals surface area contributed by atoms with Gasteiger partial charge >= 0.3 is 0 Å². The van der Waals surface area contributed by atoms with Gasteiger partial charge in [0.15, 0.2) is 0 Å². The van der Waals surface area contributed by atoms with Crippen molar-refractivity contribution in [2.75, 3.05) is 6.54 Å². The van der Waals surface area contributed by atoms with Gasteiger partial charge in [0.1, 0.15) is 12.4 Å². The normalized spacial score (nSPS) is 9.54. The highest BCUT2D eigenvalue weighted by Crippen LogP contribution is 2.16. The van der Waals surface area contributed by atoms with Gasteiger partial charge in [-0.2, -0.15) is 5.26 Å². The zero-order valence-electron chi connectivity index (χ0n) is 15.2. The third kappa shape index (κ3) is 5.24. The molecule has 0 saturated carbocycles. The Hall–Kier alpha value is -4.02. The van der Waals surface area contributed by atoms with Crippen LogP contribution in [0.2, 0.25) is 0 Å². The number of ether oxygens (including phenoxy) is 1. The van der Waals surface area contributed by atoms with Crippen LogP contribution in [-0.4, -0.2) is 12.5 Å². The first-order valence-electron chi connectivity index (χ1n) is 8.79. The Morgan fingerprint density at radius 1 is 0.964 bits per heavy atom. The number of benzene rings is 3. The second kappa shape index (κ2) is 9.62. The molecule has 1 N–H and O–H groups in total. The summed E-state index contributed by atoms with van der Waals surface area (Å²) in [4.78, 5) is 12.3. The van der Waals surface area contributed by atoms with Gasteiger partial charge in [-0.05, 0) is 36.4 Å². The molecule has 0 heterocycles. The summed E-state index contributed by atoms with van der Waals surface area (Å²) in [5.41, 5.74) is 2.78. The fourth-order valence-electron chi connectivity index (χ4n) is 2.54. The van der Waals surface area contributed by atoms with Gasteiger partial charge in [-0.1, -0.05) is 54.3 Å². The van der Waals surface area contributed by atoms with Gasteiger partial charge in [-0.25, -0.2) is 0 Å². The van der Waals surface area contributed by atoms with E-state index in [0.29, 0.717) is 16.9 Å². The standard InChI is InChI=1S/C24H18N2O2/c25-17-21-11-4-5-12-22(21)18-28-23-14-6-13-20(16-23)24(27)26-15-7-10-19-8-2-1-3-9-19/h1-6,8-9,11-14,16H,15,18H2,(H,26,27). The van der Waals surface area contributed by atoms with E-state index in [0.717, 1.165) is 11.1 Å². The summed E-state index contributed by atoms with van der Waals surface area (Å²) in [5.74, 6) is 6.28. The van der Waals surface area contributed by atoms with Crippen molar-refractivity contribution in [2.45, 2.75) is 6.61 Å². The molecule has 4 heteroatoms. The molecule has 0 aliphatic heterocycles. The maximum absolute atomic E-state index is 12.3. The Morgan fingerprint density at radius 3 is 2.57 bits per heavy atom. The second-order valence-corrected chi connectivity index (χ2v) is 5.94. The molecule has 0 bridgehead atoms. The van der Waals surface area contributed by atoms with E-state index in [-0.39, 0.29) is 19.1 Å². The number of carbonyl (C=O) groups excluding carboxylic acids is 1. The lowest BCUT2D eigenvalue weighted by atomic mass is 10.1. The zero-order chi connectivity index (χ0) is 19.6. The molecule has 0 saturated heterocycles. The van der Waals surface area contributed by atoms with Crippen LogP contribution in [0.15, 0.2) is 78.9 Å². The van der Waals surface area contributed by atoms with Crippen LogP contribution in [-0.2, 0) is 6.61 Å². The van der Waals surface area contributed by atoms with E-state index >= 15 is 0 Å². The predicted octanol–water partition coefficient (Wildman–Crippen LogP) is 3.92. The number of rotatable bonds is 5. The summed E-state index contributed by atoms with van der Waals surface area (Å²) in [7, 11) is 0. The van der Waals surface area contributed by atoms with Crippen LogP contribution in [0.4, 0.5) is 0 Å². The van der Waals surface area contributed by atoms with Gasteiger partial charge in [0.05, 0.1) is 18.2 Å². The highest BCUT2D eigenvalue weighted by atomic mass is 16.5. The number of nitrogens with zero attached hydrogens (tertiary/aromatic N) is 1. The van der Waals surface area contributed by atoms with Crippen LogP contribution >= 0.6 is 0 Å². The van der Waals surface area contributed by atoms with Crippen LogP contribution < -0.4 is 10.1 Å². The van der Waals surface area contributed by atoms with Crippen LogP contribution in [0.5, 0.6) is 5.75 Å². The second-order valence-electron chi connectivity index (χ2n) is 5.94. The molecule has 0 fully saturated rings. The highest BCUT2D eigenvalue weighted by Gasteiger charge is 2.07. The van der Waals surface area contributed by atoms with Crippen molar-refractivity contribution in [3.8, 4) is 23.7 Å². The number of nitrogens with one attached hydrogen (secondary N) is 1. The van der Waals surface area contributed by atoms with E-state index in [9.17, 15) is 4.79 Å². The van der Waals surface area contributed by atoms with E-state index in [4.69, 9.17) is 10.00 Å². The molecule has 0 radical (unpaired) electrons. The molecule has 0 aliphatic rings. The van der Waals surface area contributed by atoms with E-state index in [1.54, 1.807) is 30.3 Å². The maximum atomic E-state index is 12.3. The quantitative estimate of drug-likeness (QED) is 0.696. The summed E-state index contributed by atoms with van der Waals surface area (Å²) in [6.45, 7) is 0.520. The van der Waals surface area contributed by atoms with Crippen LogP contribution in [0.3, 0.4) is 0 Å². The molecule has 0 aliphatic carbocycles. The number of hydrogen-bond donors (Lipinski definition) is 1. The average Bonchev–Trinajstić information content (AvgIpc) is 2.76. The lowest BCUT2D eigenvalue weighted by molar-refractivity contribution is 0.0958. The molecular weight excluding hydrogens is 348 g/mol. The third-order valence-electron chi connectivity index (χ3n) is 3.97. The number of carbonyl (C=O) groups is 1. The summed E-state index contributed by atoms with van der Waals surface area (Å²) < 4.78 is 5.75. The molecule has 0 aromatic heterocycles. The molecule has 3 aromatic rings. The van der Waals surface area contributed by atoms with Crippen molar-refractivity contribution in [1.82, 2.24) is 5.32 Å². The molecule has 1 amide bonds. The Balaban J connectivity index is 1.57. The lowest BCUT2D eigenvalue weighted by Crippen LogP contribution is -2.23. The zero-order valence-corrected chi connectivity index (χ0v) is 15.2. The first-order valence-corrected chi connectivity index (χ1v) is 8.79. The van der Waals surface area contributed by atoms with Crippen LogP contribution in [0.25, 0.3) is 0 Å². The van der Waals surface area contributed by atoms with E-state index in [1.807, 2.05) is 48.5 Å². The highest BCUT2D eigenvalue weighted by molar-refractivity contribution is 5.94. The summed E-state index contributed by atoms with van der Waals surface area (Å²) in [6.07, 6.45) is 0. The van der Waals surface area contributed by atoms with E-state index < -0.39 is 0 Å². The predicted molar refractivity (Wildman–Crippen MR) is 108 cm³/mol. The molecule has 0 unspecified atom stereocenters. The SMILES string of the molecule is N#Cc1ccccc1COc1cccc(C(=O)NCC#Cc2ccccc2)c1. The molecule has 4 nitrogen and oxygen atoms in total. The monoisotopic (exact) mass is 366 g/mol. The number of nitriles is 1. The van der Waals surface area contributed by atoms with Gasteiger partial charge in [-0.15, -0.1) is 0 Å². The molecule has 3 aromatic carbocycles. The number of hydrogen-bond acceptors (Lipinski definition) is 3. The molecule has 0 spiro atoms. The van der Waals surface area contributed by atoms with Gasteiger partial charge in [0.25, 0.3) is 5.91 Å². The van der Waals surface area contributed by atoms with Crippen molar-refractivity contribution >= 4 is 5.91 Å². The van der Waals surface area contributed by atoms with Crippen molar-refractivity contribution in [2.24, 2.45) is 0 Å². The average molecular weight is 366 g/mol. The van der Waals surface area contributed by atoms with Gasteiger partial charge in [0.2, 0.25) is 0 Å². The van der Waals surface area contributed by atoms with Crippen molar-refractivity contribution in [3.05, 3.63) is 101 Å². The topological polar surface area (TPSA) is 62.1 Å². The maximum Gasteiger partial charge on any atom is 0.252 e. The Morgan fingerprint density at radius 2 is 1.75 bits per heavy atom. The van der Waals surface area contributed by atoms with Crippen LogP contribution in [0.1, 0.15) is 27.0 Å². The Kier molecular flexibility index (Phi) is 6.44. The largest absolute Gasteiger partial charge is 0.489 e. The summed E-state index contributed by atoms with van der Waals surface area (Å²) >= 11 is 0. The first kappa shape index (κ1) is 18.8. The fraction of sp³-hybridized carbons (Fsp3) is 0.0833. The molecular formula is C24H18N2O2. The van der Waals surface area contributed by atoms with Crippen molar-refractivity contribution in [3.63, 3.8) is 0 Å². The van der Waals surface area contributed by atoms with E-state index in [2.05, 4.69) is 23.2 Å². The van der Waals surface area contributed by atoms with Gasteiger partial charge in [-0.3, -0.25) is 4.79 Å². The minimum atomic E-state index is -0.217. The minimum absolute atomic E-state index is 0.217. The smallest absolute Gasteiger partial charge is 0.252 e. The van der Waals surface area contributed by atoms with E-state index in [1.165, 1.54) is 0 Å². The summed E-state index contributed by atoms with van der Waals surface area (Å²) in [5, 5.41) is 11.9. The third-order valence-corrected chi connectivity index (χ3v) is 3.97. The number of amides is 1. The molecule has 28 heavy (non-hydrogen) atoms.